The number of rotatable bonds is 9. The topological polar surface area (TPSA) is 95.3 Å². The van der Waals surface area contributed by atoms with E-state index in [2.05, 4.69) is 15.5 Å². The maximum atomic E-state index is 12.9. The second kappa shape index (κ2) is 10.9. The normalized spacial score (nSPS) is 10.6. The fourth-order valence-corrected chi connectivity index (χ4v) is 4.34. The Morgan fingerprint density at radius 3 is 2.29 bits per heavy atom. The summed E-state index contributed by atoms with van der Waals surface area (Å²) in [5.74, 6) is 1.77. The second-order valence-electron chi connectivity index (χ2n) is 7.52. The van der Waals surface area contributed by atoms with Gasteiger partial charge in [-0.2, -0.15) is 0 Å². The minimum absolute atomic E-state index is 0.0625. The number of nitrogens with one attached hydrogen (secondary N) is 1. The lowest BCUT2D eigenvalue weighted by atomic mass is 10.1. The van der Waals surface area contributed by atoms with Crippen LogP contribution in [0.1, 0.15) is 17.3 Å². The third kappa shape index (κ3) is 5.52. The van der Waals surface area contributed by atoms with Gasteiger partial charge in [-0.15, -0.1) is 10.2 Å². The second-order valence-corrected chi connectivity index (χ2v) is 8.46. The Kier molecular flexibility index (Phi) is 7.47. The van der Waals surface area contributed by atoms with Gasteiger partial charge in [0.1, 0.15) is 0 Å². The van der Waals surface area contributed by atoms with Gasteiger partial charge in [0, 0.05) is 29.8 Å². The van der Waals surface area contributed by atoms with E-state index in [1.807, 2.05) is 53.1 Å². The molecule has 1 heterocycles. The van der Waals surface area contributed by atoms with Crippen LogP contribution in [0, 0.1) is 0 Å². The highest BCUT2D eigenvalue weighted by atomic mass is 32.2. The quantitative estimate of drug-likeness (QED) is 0.265. The maximum Gasteiger partial charge on any atom is 0.221 e. The molecule has 9 heteroatoms. The SMILES string of the molecule is COc1ccc(-n2c(SCC(=O)c3ccc(NC(C)=O)cc3)nnc2-c2ccccc2)cc1OC. The van der Waals surface area contributed by atoms with E-state index in [-0.39, 0.29) is 17.4 Å². The molecule has 8 nitrogen and oxygen atoms in total. The van der Waals surface area contributed by atoms with Crippen molar-refractivity contribution in [1.82, 2.24) is 14.8 Å². The molecule has 4 rings (SSSR count). The van der Waals surface area contributed by atoms with Gasteiger partial charge in [-0.25, -0.2) is 0 Å². The van der Waals surface area contributed by atoms with Gasteiger partial charge in [0.05, 0.1) is 25.7 Å². The lowest BCUT2D eigenvalue weighted by Gasteiger charge is -2.13. The fraction of sp³-hybridized carbons (Fsp3) is 0.154. The zero-order valence-electron chi connectivity index (χ0n) is 19.5. The predicted molar refractivity (Wildman–Crippen MR) is 136 cm³/mol. The molecule has 1 aromatic heterocycles. The van der Waals surface area contributed by atoms with E-state index in [0.717, 1.165) is 11.3 Å². The summed E-state index contributed by atoms with van der Waals surface area (Å²) in [5.41, 5.74) is 2.86. The molecular formula is C26H24N4O4S. The van der Waals surface area contributed by atoms with Crippen molar-refractivity contribution >= 4 is 29.1 Å². The van der Waals surface area contributed by atoms with Gasteiger partial charge in [-0.3, -0.25) is 14.2 Å². The number of ether oxygens (including phenoxy) is 2. The van der Waals surface area contributed by atoms with Gasteiger partial charge in [0.2, 0.25) is 5.91 Å². The fourth-order valence-electron chi connectivity index (χ4n) is 3.49. The van der Waals surface area contributed by atoms with Gasteiger partial charge in [0.15, 0.2) is 28.3 Å². The number of benzene rings is 3. The molecule has 3 aromatic carbocycles. The van der Waals surface area contributed by atoms with Crippen LogP contribution in [0.15, 0.2) is 78.0 Å². The summed E-state index contributed by atoms with van der Waals surface area (Å²) >= 11 is 1.30. The number of aromatic nitrogens is 3. The Labute approximate surface area is 207 Å². The summed E-state index contributed by atoms with van der Waals surface area (Å²) in [6, 6.07) is 22.1. The number of carbonyl (C=O) groups is 2. The van der Waals surface area contributed by atoms with E-state index in [9.17, 15) is 9.59 Å². The Bertz CT molecular complexity index is 1340. The molecule has 1 amide bonds. The number of hydrogen-bond donors (Lipinski definition) is 1. The van der Waals surface area contributed by atoms with Crippen molar-refractivity contribution in [2.24, 2.45) is 0 Å². The van der Waals surface area contributed by atoms with Crippen molar-refractivity contribution in [3.05, 3.63) is 78.4 Å². The predicted octanol–water partition coefficient (Wildman–Crippen LogP) is 4.88. The molecule has 0 saturated heterocycles. The van der Waals surface area contributed by atoms with Gasteiger partial charge < -0.3 is 14.8 Å². The first-order chi connectivity index (χ1) is 17.0. The van der Waals surface area contributed by atoms with E-state index in [4.69, 9.17) is 9.47 Å². The van der Waals surface area contributed by atoms with Crippen LogP contribution in [0.25, 0.3) is 17.1 Å². The Hall–Kier alpha value is -4.11. The van der Waals surface area contributed by atoms with Crippen LogP contribution in [-0.4, -0.2) is 46.4 Å². The van der Waals surface area contributed by atoms with Crippen molar-refractivity contribution in [3.8, 4) is 28.6 Å². The number of methoxy groups -OCH3 is 2. The summed E-state index contributed by atoms with van der Waals surface area (Å²) in [6.07, 6.45) is 0. The van der Waals surface area contributed by atoms with Crippen molar-refractivity contribution in [1.29, 1.82) is 0 Å². The first-order valence-electron chi connectivity index (χ1n) is 10.8. The third-order valence-electron chi connectivity index (χ3n) is 5.15. The van der Waals surface area contributed by atoms with Gasteiger partial charge in [-0.05, 0) is 36.4 Å². The van der Waals surface area contributed by atoms with E-state index in [1.165, 1.54) is 18.7 Å². The molecule has 35 heavy (non-hydrogen) atoms. The Morgan fingerprint density at radius 1 is 0.914 bits per heavy atom. The molecular weight excluding hydrogens is 464 g/mol. The average molecular weight is 489 g/mol. The van der Waals surface area contributed by atoms with Crippen LogP contribution in [0.5, 0.6) is 11.5 Å². The van der Waals surface area contributed by atoms with Crippen molar-refractivity contribution < 1.29 is 19.1 Å². The van der Waals surface area contributed by atoms with Crippen molar-refractivity contribution in [2.75, 3.05) is 25.3 Å². The van der Waals surface area contributed by atoms with E-state index >= 15 is 0 Å². The number of anilines is 1. The monoisotopic (exact) mass is 488 g/mol. The summed E-state index contributed by atoms with van der Waals surface area (Å²) in [7, 11) is 3.17. The Morgan fingerprint density at radius 2 is 1.63 bits per heavy atom. The molecule has 0 spiro atoms. The standard InChI is InChI=1S/C26H24N4O4S/c1-17(31)27-20-11-9-18(10-12-20)22(32)16-35-26-29-28-25(19-7-5-4-6-8-19)30(26)21-13-14-23(33-2)24(15-21)34-3/h4-15H,16H2,1-3H3,(H,27,31). The molecule has 4 aromatic rings. The highest BCUT2D eigenvalue weighted by Crippen LogP contribution is 2.33. The third-order valence-corrected chi connectivity index (χ3v) is 6.08. The molecule has 1 N–H and O–H groups in total. The summed E-state index contributed by atoms with van der Waals surface area (Å²) < 4.78 is 12.8. The molecule has 0 fully saturated rings. The number of thioether (sulfide) groups is 1. The molecule has 0 saturated carbocycles. The number of nitrogens with zero attached hydrogens (tertiary/aromatic N) is 3. The summed E-state index contributed by atoms with van der Waals surface area (Å²) in [6.45, 7) is 1.44. The first-order valence-corrected chi connectivity index (χ1v) is 11.8. The molecule has 0 atom stereocenters. The van der Waals surface area contributed by atoms with E-state index in [1.54, 1.807) is 38.5 Å². The highest BCUT2D eigenvalue weighted by molar-refractivity contribution is 7.99. The number of ketones is 1. The number of hydrogen-bond acceptors (Lipinski definition) is 7. The van der Waals surface area contributed by atoms with Crippen molar-refractivity contribution in [2.45, 2.75) is 12.1 Å². The van der Waals surface area contributed by atoms with Crippen LogP contribution < -0.4 is 14.8 Å². The van der Waals surface area contributed by atoms with Crippen LogP contribution >= 0.6 is 11.8 Å². The van der Waals surface area contributed by atoms with Crippen LogP contribution in [-0.2, 0) is 4.79 Å². The van der Waals surface area contributed by atoms with Crippen LogP contribution in [0.4, 0.5) is 5.69 Å². The van der Waals surface area contributed by atoms with E-state index < -0.39 is 0 Å². The molecule has 0 unspecified atom stereocenters. The van der Waals surface area contributed by atoms with E-state index in [0.29, 0.717) is 33.7 Å². The first kappa shape index (κ1) is 24.0. The molecule has 0 bridgehead atoms. The summed E-state index contributed by atoms with van der Waals surface area (Å²) in [5, 5.41) is 12.1. The van der Waals surface area contributed by atoms with Gasteiger partial charge in [-0.1, -0.05) is 42.1 Å². The smallest absolute Gasteiger partial charge is 0.221 e. The minimum Gasteiger partial charge on any atom is -0.493 e. The molecule has 0 radical (unpaired) electrons. The minimum atomic E-state index is -0.164. The molecule has 0 aliphatic rings. The average Bonchev–Trinajstić information content (AvgIpc) is 3.31. The largest absolute Gasteiger partial charge is 0.493 e. The molecule has 0 aliphatic carbocycles. The number of amides is 1. The Balaban J connectivity index is 1.63. The van der Waals surface area contributed by atoms with Crippen molar-refractivity contribution in [3.63, 3.8) is 0 Å². The lowest BCUT2D eigenvalue weighted by molar-refractivity contribution is -0.114. The maximum absolute atomic E-state index is 12.9. The molecule has 178 valence electrons. The zero-order chi connectivity index (χ0) is 24.8. The van der Waals surface area contributed by atoms with Gasteiger partial charge >= 0.3 is 0 Å². The van der Waals surface area contributed by atoms with Gasteiger partial charge in [0.25, 0.3) is 0 Å². The lowest BCUT2D eigenvalue weighted by Crippen LogP contribution is -2.07. The number of Topliss-reactive ketones (excluding diaryl/α,β-unsaturated/α-hetero) is 1. The van der Waals surface area contributed by atoms with Crippen LogP contribution in [0.3, 0.4) is 0 Å². The zero-order valence-corrected chi connectivity index (χ0v) is 20.3. The number of carbonyl (C=O) groups excluding carboxylic acids is 2. The summed E-state index contributed by atoms with van der Waals surface area (Å²) in [4.78, 5) is 24.1. The van der Waals surface area contributed by atoms with Crippen LogP contribution in [0.2, 0.25) is 0 Å². The highest BCUT2D eigenvalue weighted by Gasteiger charge is 2.19. The molecule has 0 aliphatic heterocycles.